The molecule has 0 aliphatic carbocycles. The molecular formula is C12H22FNO3. The second-order valence-corrected chi connectivity index (χ2v) is 5.68. The molecule has 1 rings (SSSR count). The van der Waals surface area contributed by atoms with Crippen LogP contribution in [0.4, 0.5) is 9.18 Å². The molecule has 0 radical (unpaired) electrons. The summed E-state index contributed by atoms with van der Waals surface area (Å²) in [6.07, 6.45) is 0.867. The highest BCUT2D eigenvalue weighted by molar-refractivity contribution is 5.68. The summed E-state index contributed by atoms with van der Waals surface area (Å²) < 4.78 is 17.9. The summed E-state index contributed by atoms with van der Waals surface area (Å²) in [5.74, 6) is 0. The quantitative estimate of drug-likeness (QED) is 0.772. The van der Waals surface area contributed by atoms with E-state index in [-0.39, 0.29) is 12.5 Å². The molecule has 5 heteroatoms. The predicted molar refractivity (Wildman–Crippen MR) is 62.6 cm³/mol. The van der Waals surface area contributed by atoms with Gasteiger partial charge >= 0.3 is 6.09 Å². The van der Waals surface area contributed by atoms with E-state index in [1.807, 2.05) is 0 Å². The SMILES string of the molecule is CC(C)(C)OC(=O)N1CCC[C@@](O)(CF)CC1. The van der Waals surface area contributed by atoms with E-state index in [1.54, 1.807) is 25.7 Å². The van der Waals surface area contributed by atoms with Crippen molar-refractivity contribution in [2.24, 2.45) is 0 Å². The Hall–Kier alpha value is -0.840. The fourth-order valence-electron chi connectivity index (χ4n) is 1.82. The molecule has 1 atom stereocenters. The Morgan fingerprint density at radius 1 is 1.41 bits per heavy atom. The maximum Gasteiger partial charge on any atom is 0.410 e. The van der Waals surface area contributed by atoms with Gasteiger partial charge in [0.25, 0.3) is 0 Å². The van der Waals surface area contributed by atoms with Crippen LogP contribution in [0.2, 0.25) is 0 Å². The van der Waals surface area contributed by atoms with E-state index in [0.717, 1.165) is 0 Å². The fourth-order valence-corrected chi connectivity index (χ4v) is 1.82. The molecule has 1 amide bonds. The lowest BCUT2D eigenvalue weighted by molar-refractivity contribution is -0.000788. The first-order valence-corrected chi connectivity index (χ1v) is 6.02. The van der Waals surface area contributed by atoms with Gasteiger partial charge in [0.2, 0.25) is 0 Å². The lowest BCUT2D eigenvalue weighted by Crippen LogP contribution is -2.38. The minimum absolute atomic E-state index is 0.267. The van der Waals surface area contributed by atoms with Gasteiger partial charge in [0.05, 0.1) is 5.60 Å². The summed E-state index contributed by atoms with van der Waals surface area (Å²) >= 11 is 0. The number of rotatable bonds is 1. The molecular weight excluding hydrogens is 225 g/mol. The number of likely N-dealkylation sites (tertiary alicyclic amines) is 1. The Balaban J connectivity index is 2.54. The van der Waals surface area contributed by atoms with Crippen molar-refractivity contribution >= 4 is 6.09 Å². The van der Waals surface area contributed by atoms with E-state index < -0.39 is 17.9 Å². The average molecular weight is 247 g/mol. The van der Waals surface area contributed by atoms with Crippen LogP contribution in [-0.2, 0) is 4.74 Å². The highest BCUT2D eigenvalue weighted by Gasteiger charge is 2.32. The monoisotopic (exact) mass is 247 g/mol. The number of carbonyl (C=O) groups is 1. The Morgan fingerprint density at radius 2 is 2.06 bits per heavy atom. The Morgan fingerprint density at radius 3 is 2.59 bits per heavy atom. The molecule has 1 N–H and O–H groups in total. The van der Waals surface area contributed by atoms with E-state index >= 15 is 0 Å². The number of ether oxygens (including phenoxy) is 1. The third kappa shape index (κ3) is 4.50. The van der Waals surface area contributed by atoms with Crippen molar-refractivity contribution in [3.8, 4) is 0 Å². The van der Waals surface area contributed by atoms with Gasteiger partial charge < -0.3 is 14.7 Å². The van der Waals surface area contributed by atoms with Crippen LogP contribution in [0.15, 0.2) is 0 Å². The van der Waals surface area contributed by atoms with Gasteiger partial charge in [0.1, 0.15) is 12.3 Å². The van der Waals surface area contributed by atoms with Crippen LogP contribution in [0.25, 0.3) is 0 Å². The van der Waals surface area contributed by atoms with Crippen LogP contribution >= 0.6 is 0 Å². The first-order chi connectivity index (χ1) is 7.76. The number of halogens is 1. The number of alkyl halides is 1. The van der Waals surface area contributed by atoms with Crippen molar-refractivity contribution in [2.75, 3.05) is 19.8 Å². The summed E-state index contributed by atoms with van der Waals surface area (Å²) in [6, 6.07) is 0. The van der Waals surface area contributed by atoms with Crippen molar-refractivity contribution in [2.45, 2.75) is 51.2 Å². The third-order valence-electron chi connectivity index (χ3n) is 2.82. The standard InChI is InChI=1S/C12H22FNO3/c1-11(2,3)17-10(15)14-7-4-5-12(16,9-13)6-8-14/h16H,4-9H2,1-3H3/t12-/m0/s1. The summed E-state index contributed by atoms with van der Waals surface area (Å²) in [4.78, 5) is 13.3. The lowest BCUT2D eigenvalue weighted by Gasteiger charge is -2.27. The second-order valence-electron chi connectivity index (χ2n) is 5.68. The minimum Gasteiger partial charge on any atom is -0.444 e. The molecule has 100 valence electrons. The third-order valence-corrected chi connectivity index (χ3v) is 2.82. The highest BCUT2D eigenvalue weighted by atomic mass is 19.1. The zero-order valence-corrected chi connectivity index (χ0v) is 10.8. The molecule has 0 saturated carbocycles. The molecule has 1 aliphatic heterocycles. The molecule has 1 saturated heterocycles. The highest BCUT2D eigenvalue weighted by Crippen LogP contribution is 2.23. The largest absolute Gasteiger partial charge is 0.444 e. The molecule has 1 heterocycles. The maximum absolute atomic E-state index is 12.7. The van der Waals surface area contributed by atoms with E-state index in [9.17, 15) is 14.3 Å². The Kier molecular flexibility index (Phi) is 4.36. The zero-order valence-electron chi connectivity index (χ0n) is 10.8. The van der Waals surface area contributed by atoms with Gasteiger partial charge in [-0.15, -0.1) is 0 Å². The van der Waals surface area contributed by atoms with Crippen molar-refractivity contribution < 1.29 is 19.0 Å². The normalized spacial score (nSPS) is 26.5. The van der Waals surface area contributed by atoms with Crippen LogP contribution in [0.3, 0.4) is 0 Å². The molecule has 0 aromatic heterocycles. The number of hydrogen-bond donors (Lipinski definition) is 1. The molecule has 1 aliphatic rings. The van der Waals surface area contributed by atoms with Crippen molar-refractivity contribution in [3.05, 3.63) is 0 Å². The van der Waals surface area contributed by atoms with E-state index in [4.69, 9.17) is 4.74 Å². The van der Waals surface area contributed by atoms with E-state index in [0.29, 0.717) is 25.9 Å². The van der Waals surface area contributed by atoms with Gasteiger partial charge in [0, 0.05) is 13.1 Å². The molecule has 0 bridgehead atoms. The first-order valence-electron chi connectivity index (χ1n) is 6.02. The lowest BCUT2D eigenvalue weighted by atomic mass is 9.97. The molecule has 17 heavy (non-hydrogen) atoms. The molecule has 0 spiro atoms. The van der Waals surface area contributed by atoms with Gasteiger partial charge in [-0.25, -0.2) is 9.18 Å². The maximum atomic E-state index is 12.7. The topological polar surface area (TPSA) is 49.8 Å². The first kappa shape index (κ1) is 14.2. The summed E-state index contributed by atoms with van der Waals surface area (Å²) in [5, 5.41) is 9.84. The number of aliphatic hydroxyl groups is 1. The van der Waals surface area contributed by atoms with Crippen LogP contribution in [0.5, 0.6) is 0 Å². The van der Waals surface area contributed by atoms with Gasteiger partial charge in [-0.2, -0.15) is 0 Å². The summed E-state index contributed by atoms with van der Waals surface area (Å²) in [5.41, 5.74) is -1.80. The van der Waals surface area contributed by atoms with Gasteiger partial charge in [-0.3, -0.25) is 0 Å². The van der Waals surface area contributed by atoms with Crippen molar-refractivity contribution in [3.63, 3.8) is 0 Å². The zero-order chi connectivity index (χ0) is 13.1. The van der Waals surface area contributed by atoms with Gasteiger partial charge in [-0.05, 0) is 40.0 Å². The minimum atomic E-state index is -1.27. The predicted octanol–water partition coefficient (Wildman–Crippen LogP) is 2.11. The fraction of sp³-hybridized carbons (Fsp3) is 0.917. The van der Waals surface area contributed by atoms with Crippen molar-refractivity contribution in [1.82, 2.24) is 4.90 Å². The average Bonchev–Trinajstić information content (AvgIpc) is 2.39. The number of nitrogens with zero attached hydrogens (tertiary/aromatic N) is 1. The Bertz CT molecular complexity index is 277. The molecule has 0 aromatic rings. The van der Waals surface area contributed by atoms with Crippen LogP contribution in [0.1, 0.15) is 40.0 Å². The molecule has 4 nitrogen and oxygen atoms in total. The molecule has 0 unspecified atom stereocenters. The second kappa shape index (κ2) is 5.21. The van der Waals surface area contributed by atoms with Gasteiger partial charge in [0.15, 0.2) is 0 Å². The van der Waals surface area contributed by atoms with Crippen LogP contribution in [0, 0.1) is 0 Å². The number of amides is 1. The van der Waals surface area contributed by atoms with Crippen LogP contribution in [-0.4, -0.2) is 47.1 Å². The summed E-state index contributed by atoms with van der Waals surface area (Å²) in [6.45, 7) is 5.52. The van der Waals surface area contributed by atoms with Gasteiger partial charge in [-0.1, -0.05) is 0 Å². The van der Waals surface area contributed by atoms with E-state index in [1.165, 1.54) is 0 Å². The van der Waals surface area contributed by atoms with E-state index in [2.05, 4.69) is 0 Å². The summed E-state index contributed by atoms with van der Waals surface area (Å²) in [7, 11) is 0. The molecule has 1 fully saturated rings. The number of carbonyl (C=O) groups excluding carboxylic acids is 1. The smallest absolute Gasteiger partial charge is 0.410 e. The van der Waals surface area contributed by atoms with Crippen LogP contribution < -0.4 is 0 Å². The van der Waals surface area contributed by atoms with Crippen molar-refractivity contribution in [1.29, 1.82) is 0 Å². The Labute approximate surface area is 102 Å². The number of hydrogen-bond acceptors (Lipinski definition) is 3. The molecule has 0 aromatic carbocycles.